The molecular weight excluding hydrogens is 264 g/mol. The lowest BCUT2D eigenvalue weighted by Gasteiger charge is -2.35. The van der Waals surface area contributed by atoms with Crippen molar-refractivity contribution in [2.75, 3.05) is 30.4 Å². The van der Waals surface area contributed by atoms with Crippen molar-refractivity contribution in [3.63, 3.8) is 0 Å². The Hall–Kier alpha value is -1.36. The van der Waals surface area contributed by atoms with Crippen LogP contribution in [0.4, 0.5) is 11.6 Å². The summed E-state index contributed by atoms with van der Waals surface area (Å²) in [4.78, 5) is 11.7. The number of aromatic nitrogens is 2. The zero-order valence-electron chi connectivity index (χ0n) is 12.9. The molecule has 3 rings (SSSR count). The molecule has 1 heterocycles. The lowest BCUT2D eigenvalue weighted by molar-refractivity contribution is 0.289. The largest absolute Gasteiger partial charge is 0.395 e. The molecule has 0 amide bonds. The predicted molar refractivity (Wildman–Crippen MR) is 84.9 cm³/mol. The Morgan fingerprint density at radius 2 is 1.95 bits per heavy atom. The van der Waals surface area contributed by atoms with Crippen LogP contribution in [0.25, 0.3) is 0 Å². The second kappa shape index (κ2) is 6.60. The van der Waals surface area contributed by atoms with Gasteiger partial charge in [0.2, 0.25) is 0 Å². The van der Waals surface area contributed by atoms with Crippen LogP contribution < -0.4 is 10.2 Å². The van der Waals surface area contributed by atoms with Crippen molar-refractivity contribution in [3.05, 3.63) is 11.9 Å². The van der Waals surface area contributed by atoms with Gasteiger partial charge in [-0.15, -0.1) is 0 Å². The summed E-state index contributed by atoms with van der Waals surface area (Å²) in [7, 11) is 1.90. The molecule has 5 nitrogen and oxygen atoms in total. The number of rotatable bonds is 6. The molecule has 1 aromatic rings. The fraction of sp³-hybridized carbons (Fsp3) is 0.750. The molecule has 0 radical (unpaired) electrons. The maximum Gasteiger partial charge on any atom is 0.136 e. The number of nitrogens with zero attached hydrogens (tertiary/aromatic N) is 3. The summed E-state index contributed by atoms with van der Waals surface area (Å²) < 4.78 is 0. The smallest absolute Gasteiger partial charge is 0.136 e. The van der Waals surface area contributed by atoms with E-state index >= 15 is 0 Å². The second-order valence-electron chi connectivity index (χ2n) is 6.20. The van der Waals surface area contributed by atoms with E-state index in [9.17, 15) is 5.11 Å². The first kappa shape index (κ1) is 14.6. The second-order valence-corrected chi connectivity index (χ2v) is 6.20. The summed E-state index contributed by atoms with van der Waals surface area (Å²) >= 11 is 0. The van der Waals surface area contributed by atoms with Gasteiger partial charge in [0.1, 0.15) is 17.5 Å². The third-order valence-electron chi connectivity index (χ3n) is 4.58. The van der Waals surface area contributed by atoms with Crippen LogP contribution in [-0.2, 0) is 0 Å². The highest BCUT2D eigenvalue weighted by Gasteiger charge is 2.29. The van der Waals surface area contributed by atoms with E-state index in [-0.39, 0.29) is 6.61 Å². The molecule has 2 aliphatic rings. The van der Waals surface area contributed by atoms with Crippen LogP contribution in [0.5, 0.6) is 0 Å². The molecule has 0 aliphatic heterocycles. The molecule has 1 aromatic heterocycles. The Balaban J connectivity index is 1.87. The van der Waals surface area contributed by atoms with Crippen molar-refractivity contribution < 1.29 is 5.11 Å². The summed E-state index contributed by atoms with van der Waals surface area (Å²) in [6, 6.07) is 2.54. The van der Waals surface area contributed by atoms with Gasteiger partial charge in [-0.05, 0) is 25.7 Å². The van der Waals surface area contributed by atoms with Gasteiger partial charge in [-0.3, -0.25) is 0 Å². The summed E-state index contributed by atoms with van der Waals surface area (Å²) in [6.45, 7) is 0.836. The van der Waals surface area contributed by atoms with E-state index in [0.29, 0.717) is 18.5 Å². The number of aliphatic hydroxyl groups excluding tert-OH is 1. The standard InChI is InChI=1S/C16H26N4O/c1-17-14-11-15(19-16(18-14)12-7-8-12)20(9-10-21)13-5-3-2-4-6-13/h11-13,21H,2-10H2,1H3,(H,17,18,19). The molecule has 2 saturated carbocycles. The van der Waals surface area contributed by atoms with E-state index < -0.39 is 0 Å². The zero-order valence-corrected chi connectivity index (χ0v) is 12.9. The number of aliphatic hydroxyl groups is 1. The molecule has 2 fully saturated rings. The molecule has 0 saturated heterocycles. The Morgan fingerprint density at radius 3 is 2.57 bits per heavy atom. The predicted octanol–water partition coefficient (Wildman–Crippen LogP) is 2.53. The van der Waals surface area contributed by atoms with Crippen LogP contribution in [0.3, 0.4) is 0 Å². The molecule has 5 heteroatoms. The van der Waals surface area contributed by atoms with Gasteiger partial charge in [-0.1, -0.05) is 19.3 Å². The van der Waals surface area contributed by atoms with Gasteiger partial charge in [0.15, 0.2) is 0 Å². The van der Waals surface area contributed by atoms with Gasteiger partial charge in [0, 0.05) is 31.6 Å². The summed E-state index contributed by atoms with van der Waals surface area (Å²) in [5.74, 6) is 3.38. The molecule has 0 aromatic carbocycles. The lowest BCUT2D eigenvalue weighted by atomic mass is 9.94. The third-order valence-corrected chi connectivity index (χ3v) is 4.58. The first-order valence-corrected chi connectivity index (χ1v) is 8.26. The molecule has 21 heavy (non-hydrogen) atoms. The van der Waals surface area contributed by atoms with Gasteiger partial charge in [0.25, 0.3) is 0 Å². The molecule has 2 aliphatic carbocycles. The Morgan fingerprint density at radius 1 is 1.19 bits per heavy atom. The van der Waals surface area contributed by atoms with E-state index in [1.165, 1.54) is 44.9 Å². The highest BCUT2D eigenvalue weighted by Crippen LogP contribution is 2.39. The van der Waals surface area contributed by atoms with E-state index in [1.54, 1.807) is 0 Å². The van der Waals surface area contributed by atoms with Crippen LogP contribution >= 0.6 is 0 Å². The van der Waals surface area contributed by atoms with E-state index in [2.05, 4.69) is 15.2 Å². The molecule has 0 spiro atoms. The summed E-state index contributed by atoms with van der Waals surface area (Å²) in [5, 5.41) is 12.6. The maximum absolute atomic E-state index is 9.45. The Labute approximate surface area is 126 Å². The third kappa shape index (κ3) is 3.46. The fourth-order valence-corrected chi connectivity index (χ4v) is 3.24. The van der Waals surface area contributed by atoms with Gasteiger partial charge in [-0.2, -0.15) is 0 Å². The minimum atomic E-state index is 0.175. The van der Waals surface area contributed by atoms with Crippen LogP contribution in [0, 0.1) is 0 Å². The number of hydrogen-bond donors (Lipinski definition) is 2. The van der Waals surface area contributed by atoms with Gasteiger partial charge < -0.3 is 15.3 Å². The molecule has 0 bridgehead atoms. The molecule has 0 unspecified atom stereocenters. The fourth-order valence-electron chi connectivity index (χ4n) is 3.24. The number of nitrogens with one attached hydrogen (secondary N) is 1. The monoisotopic (exact) mass is 290 g/mol. The van der Waals surface area contributed by atoms with Crippen LogP contribution in [0.15, 0.2) is 6.07 Å². The first-order valence-electron chi connectivity index (χ1n) is 8.26. The number of anilines is 2. The molecular formula is C16H26N4O. The maximum atomic E-state index is 9.45. The minimum absolute atomic E-state index is 0.175. The Bertz CT molecular complexity index is 469. The molecule has 116 valence electrons. The lowest BCUT2D eigenvalue weighted by Crippen LogP contribution is -2.39. The SMILES string of the molecule is CNc1cc(N(CCO)C2CCCCC2)nc(C2CC2)n1. The van der Waals surface area contributed by atoms with Crippen LogP contribution in [-0.4, -0.2) is 41.3 Å². The van der Waals surface area contributed by atoms with Crippen LogP contribution in [0.1, 0.15) is 56.7 Å². The highest BCUT2D eigenvalue weighted by molar-refractivity contribution is 5.50. The zero-order chi connectivity index (χ0) is 14.7. The van der Waals surface area contributed by atoms with Crippen molar-refractivity contribution in [1.82, 2.24) is 9.97 Å². The quantitative estimate of drug-likeness (QED) is 0.843. The topological polar surface area (TPSA) is 61.3 Å². The van der Waals surface area contributed by atoms with Gasteiger partial charge >= 0.3 is 0 Å². The number of hydrogen-bond acceptors (Lipinski definition) is 5. The van der Waals surface area contributed by atoms with Crippen molar-refractivity contribution >= 4 is 11.6 Å². The van der Waals surface area contributed by atoms with Crippen molar-refractivity contribution in [3.8, 4) is 0 Å². The molecule has 2 N–H and O–H groups in total. The average molecular weight is 290 g/mol. The summed E-state index contributed by atoms with van der Waals surface area (Å²) in [6.07, 6.45) is 8.72. The normalized spacial score (nSPS) is 19.5. The van der Waals surface area contributed by atoms with Crippen molar-refractivity contribution in [2.24, 2.45) is 0 Å². The van der Waals surface area contributed by atoms with Crippen molar-refractivity contribution in [2.45, 2.75) is 56.9 Å². The van der Waals surface area contributed by atoms with E-state index in [0.717, 1.165) is 17.5 Å². The average Bonchev–Trinajstić information content (AvgIpc) is 3.38. The van der Waals surface area contributed by atoms with E-state index in [4.69, 9.17) is 4.98 Å². The molecule has 0 atom stereocenters. The van der Waals surface area contributed by atoms with Crippen molar-refractivity contribution in [1.29, 1.82) is 0 Å². The van der Waals surface area contributed by atoms with Gasteiger partial charge in [0.05, 0.1) is 6.61 Å². The summed E-state index contributed by atoms with van der Waals surface area (Å²) in [5.41, 5.74) is 0. The van der Waals surface area contributed by atoms with Crippen LogP contribution in [0.2, 0.25) is 0 Å². The van der Waals surface area contributed by atoms with Gasteiger partial charge in [-0.25, -0.2) is 9.97 Å². The highest BCUT2D eigenvalue weighted by atomic mass is 16.3. The minimum Gasteiger partial charge on any atom is -0.395 e. The van der Waals surface area contributed by atoms with E-state index in [1.807, 2.05) is 13.1 Å². The Kier molecular flexibility index (Phi) is 4.58. The first-order chi connectivity index (χ1) is 10.3.